The van der Waals surface area contributed by atoms with Gasteiger partial charge in [0, 0.05) is 30.9 Å². The van der Waals surface area contributed by atoms with Crippen LogP contribution >= 0.6 is 0 Å². The summed E-state index contributed by atoms with van der Waals surface area (Å²) in [6, 6.07) is 9.21. The number of nitrogens with one attached hydrogen (secondary N) is 1. The van der Waals surface area contributed by atoms with Gasteiger partial charge in [0.05, 0.1) is 7.11 Å². The Hall–Kier alpha value is -2.63. The van der Waals surface area contributed by atoms with Crippen molar-refractivity contribution in [2.24, 2.45) is 0 Å². The molecule has 128 valence electrons. The highest BCUT2D eigenvalue weighted by Crippen LogP contribution is 2.20. The molecule has 0 radical (unpaired) electrons. The van der Waals surface area contributed by atoms with Crippen molar-refractivity contribution >= 4 is 17.4 Å². The zero-order valence-corrected chi connectivity index (χ0v) is 14.5. The number of benzene rings is 1. The molecule has 0 spiro atoms. The van der Waals surface area contributed by atoms with Crippen LogP contribution in [0, 0.1) is 0 Å². The average molecular weight is 328 g/mol. The van der Waals surface area contributed by atoms with Gasteiger partial charge in [-0.3, -0.25) is 4.79 Å². The third-order valence-electron chi connectivity index (χ3n) is 3.50. The summed E-state index contributed by atoms with van der Waals surface area (Å²) >= 11 is 0. The fourth-order valence-electron chi connectivity index (χ4n) is 2.41. The van der Waals surface area contributed by atoms with Gasteiger partial charge in [-0.15, -0.1) is 0 Å². The Morgan fingerprint density at radius 2 is 1.92 bits per heavy atom. The van der Waals surface area contributed by atoms with Crippen molar-refractivity contribution in [1.29, 1.82) is 0 Å². The number of methoxy groups -OCH3 is 1. The lowest BCUT2D eigenvalue weighted by Gasteiger charge is -2.21. The van der Waals surface area contributed by atoms with Crippen molar-refractivity contribution in [2.45, 2.75) is 26.7 Å². The van der Waals surface area contributed by atoms with E-state index in [1.54, 1.807) is 13.2 Å². The van der Waals surface area contributed by atoms with Gasteiger partial charge < -0.3 is 15.0 Å². The predicted octanol–water partition coefficient (Wildman–Crippen LogP) is 3.49. The van der Waals surface area contributed by atoms with Gasteiger partial charge >= 0.3 is 0 Å². The lowest BCUT2D eigenvalue weighted by molar-refractivity contribution is 0.0749. The predicted molar refractivity (Wildman–Crippen MR) is 94.8 cm³/mol. The Kier molecular flexibility index (Phi) is 6.54. The third-order valence-corrected chi connectivity index (χ3v) is 3.50. The van der Waals surface area contributed by atoms with Crippen LogP contribution < -0.4 is 10.1 Å². The van der Waals surface area contributed by atoms with Crippen LogP contribution in [0.2, 0.25) is 0 Å². The number of anilines is 2. The van der Waals surface area contributed by atoms with Gasteiger partial charge in [-0.1, -0.05) is 19.9 Å². The molecule has 0 bridgehead atoms. The zero-order valence-electron chi connectivity index (χ0n) is 14.5. The van der Waals surface area contributed by atoms with Gasteiger partial charge in [-0.2, -0.15) is 0 Å². The van der Waals surface area contributed by atoms with E-state index in [1.807, 2.05) is 29.2 Å². The van der Waals surface area contributed by atoms with Crippen molar-refractivity contribution < 1.29 is 9.53 Å². The largest absolute Gasteiger partial charge is 0.497 e. The molecular weight excluding hydrogens is 304 g/mol. The molecule has 1 aromatic heterocycles. The summed E-state index contributed by atoms with van der Waals surface area (Å²) < 4.78 is 5.21. The number of rotatable bonds is 8. The molecule has 0 saturated carbocycles. The van der Waals surface area contributed by atoms with E-state index in [1.165, 1.54) is 6.33 Å². The lowest BCUT2D eigenvalue weighted by atomic mass is 10.2. The Morgan fingerprint density at radius 3 is 2.58 bits per heavy atom. The summed E-state index contributed by atoms with van der Waals surface area (Å²) in [7, 11) is 1.62. The second kappa shape index (κ2) is 8.86. The highest BCUT2D eigenvalue weighted by Gasteiger charge is 2.16. The van der Waals surface area contributed by atoms with Crippen LogP contribution in [0.4, 0.5) is 11.5 Å². The number of carbonyl (C=O) groups is 1. The van der Waals surface area contributed by atoms with E-state index < -0.39 is 0 Å². The maximum Gasteiger partial charge on any atom is 0.272 e. The van der Waals surface area contributed by atoms with E-state index in [-0.39, 0.29) is 5.91 Å². The monoisotopic (exact) mass is 328 g/mol. The highest BCUT2D eigenvalue weighted by atomic mass is 16.5. The molecule has 0 aliphatic heterocycles. The van der Waals surface area contributed by atoms with Crippen LogP contribution in [0.25, 0.3) is 0 Å². The zero-order chi connectivity index (χ0) is 17.4. The third kappa shape index (κ3) is 4.68. The van der Waals surface area contributed by atoms with E-state index in [0.29, 0.717) is 11.5 Å². The molecule has 0 fully saturated rings. The molecule has 6 nitrogen and oxygen atoms in total. The molecule has 1 N–H and O–H groups in total. The fourth-order valence-corrected chi connectivity index (χ4v) is 2.41. The highest BCUT2D eigenvalue weighted by molar-refractivity contribution is 5.93. The standard InChI is InChI=1S/C18H24N4O2/c1-4-9-22(10-5-2)18(23)16-12-17(20-13-19-16)21-14-7-6-8-15(11-14)24-3/h6-8,11-13H,4-5,9-10H2,1-3H3,(H,19,20,21). The molecule has 6 heteroatoms. The summed E-state index contributed by atoms with van der Waals surface area (Å²) in [6.07, 6.45) is 3.25. The molecule has 1 amide bonds. The summed E-state index contributed by atoms with van der Waals surface area (Å²) in [5.74, 6) is 1.27. The maximum atomic E-state index is 12.6. The molecule has 0 atom stereocenters. The Balaban J connectivity index is 2.16. The molecule has 0 aliphatic rings. The van der Waals surface area contributed by atoms with Gasteiger partial charge in [-0.25, -0.2) is 9.97 Å². The first-order chi connectivity index (χ1) is 11.7. The molecule has 1 heterocycles. The number of hydrogen-bond acceptors (Lipinski definition) is 5. The number of carbonyl (C=O) groups excluding carboxylic acids is 1. The summed E-state index contributed by atoms with van der Waals surface area (Å²) in [4.78, 5) is 22.8. The van der Waals surface area contributed by atoms with Crippen LogP contribution in [-0.4, -0.2) is 41.0 Å². The summed E-state index contributed by atoms with van der Waals surface area (Å²) in [5, 5.41) is 3.17. The van der Waals surface area contributed by atoms with Crippen LogP contribution in [-0.2, 0) is 0 Å². The first kappa shape index (κ1) is 17.7. The van der Waals surface area contributed by atoms with Crippen LogP contribution in [0.1, 0.15) is 37.2 Å². The van der Waals surface area contributed by atoms with Gasteiger partial charge in [0.1, 0.15) is 23.6 Å². The molecule has 2 aromatic rings. The SMILES string of the molecule is CCCN(CCC)C(=O)c1cc(Nc2cccc(OC)c2)ncn1. The molecule has 1 aromatic carbocycles. The number of ether oxygens (including phenoxy) is 1. The Morgan fingerprint density at radius 1 is 1.17 bits per heavy atom. The van der Waals surface area contributed by atoms with E-state index in [4.69, 9.17) is 4.74 Å². The molecule has 0 saturated heterocycles. The Bertz CT molecular complexity index is 670. The smallest absolute Gasteiger partial charge is 0.272 e. The van der Waals surface area contributed by atoms with Crippen molar-refractivity contribution in [2.75, 3.05) is 25.5 Å². The summed E-state index contributed by atoms with van der Waals surface area (Å²) in [5.41, 5.74) is 1.24. The van der Waals surface area contributed by atoms with Gasteiger partial charge in [0.2, 0.25) is 0 Å². The minimum absolute atomic E-state index is 0.0604. The number of hydrogen-bond donors (Lipinski definition) is 1. The van der Waals surface area contributed by atoms with Gasteiger partial charge in [0.25, 0.3) is 5.91 Å². The number of amides is 1. The number of aromatic nitrogens is 2. The second-order valence-electron chi connectivity index (χ2n) is 5.44. The summed E-state index contributed by atoms with van der Waals surface area (Å²) in [6.45, 7) is 5.59. The average Bonchev–Trinajstić information content (AvgIpc) is 2.61. The second-order valence-corrected chi connectivity index (χ2v) is 5.44. The minimum Gasteiger partial charge on any atom is -0.497 e. The van der Waals surface area contributed by atoms with Crippen LogP contribution in [0.5, 0.6) is 5.75 Å². The van der Waals surface area contributed by atoms with Crippen molar-refractivity contribution in [3.8, 4) is 5.75 Å². The van der Waals surface area contributed by atoms with Gasteiger partial charge in [0.15, 0.2) is 0 Å². The maximum absolute atomic E-state index is 12.6. The van der Waals surface area contributed by atoms with E-state index in [2.05, 4.69) is 29.1 Å². The normalized spacial score (nSPS) is 10.3. The number of nitrogens with zero attached hydrogens (tertiary/aromatic N) is 3. The van der Waals surface area contributed by atoms with Crippen molar-refractivity contribution in [3.63, 3.8) is 0 Å². The molecule has 0 unspecified atom stereocenters. The lowest BCUT2D eigenvalue weighted by Crippen LogP contribution is -2.33. The minimum atomic E-state index is -0.0604. The van der Waals surface area contributed by atoms with Crippen molar-refractivity contribution in [1.82, 2.24) is 14.9 Å². The topological polar surface area (TPSA) is 67.4 Å². The molecule has 24 heavy (non-hydrogen) atoms. The molecular formula is C18H24N4O2. The first-order valence-corrected chi connectivity index (χ1v) is 8.20. The quantitative estimate of drug-likeness (QED) is 0.803. The fraction of sp³-hybridized carbons (Fsp3) is 0.389. The molecule has 0 aliphatic carbocycles. The van der Waals surface area contributed by atoms with Gasteiger partial charge in [-0.05, 0) is 25.0 Å². The molecule has 2 rings (SSSR count). The first-order valence-electron chi connectivity index (χ1n) is 8.20. The Labute approximate surface area is 142 Å². The van der Waals surface area contributed by atoms with E-state index in [9.17, 15) is 4.79 Å². The van der Waals surface area contributed by atoms with Crippen molar-refractivity contribution in [3.05, 3.63) is 42.4 Å². The van der Waals surface area contributed by atoms with E-state index >= 15 is 0 Å². The van der Waals surface area contributed by atoms with Crippen LogP contribution in [0.3, 0.4) is 0 Å². The van der Waals surface area contributed by atoms with Crippen LogP contribution in [0.15, 0.2) is 36.7 Å². The van der Waals surface area contributed by atoms with E-state index in [0.717, 1.165) is 37.4 Å².